The van der Waals surface area contributed by atoms with Crippen LogP contribution < -0.4 is 10.6 Å². The molecule has 0 spiro atoms. The van der Waals surface area contributed by atoms with Crippen LogP contribution in [0.3, 0.4) is 0 Å². The standard InChI is InChI=1S/C22H24N4O3S2/c1-13-14(2)31-22-19(13)21(23-12-24-22)30-11-9-18(27)25-15-5-7-16(8-6-15)26-20(28)17-4-3-10-29-17/h5-8,12,17H,3-4,9-11H2,1-2H3,(H,25,27)(H,26,28)/t17-/m0/s1. The van der Waals surface area contributed by atoms with Gasteiger partial charge in [0, 0.05) is 40.4 Å². The lowest BCUT2D eigenvalue weighted by Gasteiger charge is -2.11. The van der Waals surface area contributed by atoms with Crippen molar-refractivity contribution in [3.8, 4) is 0 Å². The van der Waals surface area contributed by atoms with Crippen LogP contribution in [0.2, 0.25) is 0 Å². The Labute approximate surface area is 189 Å². The summed E-state index contributed by atoms with van der Waals surface area (Å²) in [5.74, 6) is 0.440. The second-order valence-corrected chi connectivity index (χ2v) is 9.64. The van der Waals surface area contributed by atoms with E-state index in [0.717, 1.165) is 28.1 Å². The van der Waals surface area contributed by atoms with Crippen LogP contribution >= 0.6 is 23.1 Å². The Morgan fingerprint density at radius 3 is 2.61 bits per heavy atom. The van der Waals surface area contributed by atoms with Gasteiger partial charge in [0.05, 0.1) is 0 Å². The summed E-state index contributed by atoms with van der Waals surface area (Å²) < 4.78 is 5.39. The Morgan fingerprint density at radius 2 is 1.90 bits per heavy atom. The molecular weight excluding hydrogens is 432 g/mol. The van der Waals surface area contributed by atoms with Gasteiger partial charge in [-0.25, -0.2) is 9.97 Å². The van der Waals surface area contributed by atoms with Gasteiger partial charge in [0.25, 0.3) is 5.91 Å². The van der Waals surface area contributed by atoms with Gasteiger partial charge in [-0.2, -0.15) is 0 Å². The summed E-state index contributed by atoms with van der Waals surface area (Å²) in [5.41, 5.74) is 2.58. The maximum absolute atomic E-state index is 12.3. The summed E-state index contributed by atoms with van der Waals surface area (Å²) in [6.07, 6.45) is 3.25. The van der Waals surface area contributed by atoms with Crippen LogP contribution in [-0.4, -0.2) is 40.2 Å². The van der Waals surface area contributed by atoms with E-state index in [1.165, 1.54) is 10.4 Å². The summed E-state index contributed by atoms with van der Waals surface area (Å²) >= 11 is 3.24. The first-order valence-corrected chi connectivity index (χ1v) is 12.0. The van der Waals surface area contributed by atoms with Crippen LogP contribution in [0.15, 0.2) is 35.6 Å². The second kappa shape index (κ2) is 9.76. The fourth-order valence-corrected chi connectivity index (χ4v) is 5.43. The number of anilines is 2. The lowest BCUT2D eigenvalue weighted by molar-refractivity contribution is -0.124. The van der Waals surface area contributed by atoms with Crippen molar-refractivity contribution in [1.82, 2.24) is 9.97 Å². The minimum absolute atomic E-state index is 0.0628. The predicted molar refractivity (Wildman–Crippen MR) is 125 cm³/mol. The number of hydrogen-bond donors (Lipinski definition) is 2. The molecule has 1 aliphatic rings. The smallest absolute Gasteiger partial charge is 0.253 e. The van der Waals surface area contributed by atoms with Gasteiger partial charge < -0.3 is 15.4 Å². The zero-order chi connectivity index (χ0) is 21.8. The van der Waals surface area contributed by atoms with E-state index in [9.17, 15) is 9.59 Å². The molecule has 162 valence electrons. The van der Waals surface area contributed by atoms with E-state index in [1.807, 2.05) is 0 Å². The highest BCUT2D eigenvalue weighted by molar-refractivity contribution is 7.99. The molecule has 0 radical (unpaired) electrons. The van der Waals surface area contributed by atoms with Crippen molar-refractivity contribution < 1.29 is 14.3 Å². The maximum Gasteiger partial charge on any atom is 0.253 e. The second-order valence-electron chi connectivity index (χ2n) is 7.36. The van der Waals surface area contributed by atoms with E-state index in [2.05, 4.69) is 34.4 Å². The van der Waals surface area contributed by atoms with E-state index >= 15 is 0 Å². The molecule has 0 saturated carbocycles. The van der Waals surface area contributed by atoms with Gasteiger partial charge in [-0.15, -0.1) is 23.1 Å². The molecule has 2 aromatic heterocycles. The Morgan fingerprint density at radius 1 is 1.16 bits per heavy atom. The van der Waals surface area contributed by atoms with E-state index in [4.69, 9.17) is 4.74 Å². The Kier molecular flexibility index (Phi) is 6.84. The van der Waals surface area contributed by atoms with Gasteiger partial charge >= 0.3 is 0 Å². The maximum atomic E-state index is 12.3. The normalized spacial score (nSPS) is 15.9. The van der Waals surface area contributed by atoms with Gasteiger partial charge in [-0.3, -0.25) is 9.59 Å². The summed E-state index contributed by atoms with van der Waals surface area (Å²) in [6, 6.07) is 7.11. The molecule has 0 unspecified atom stereocenters. The van der Waals surface area contributed by atoms with Crippen molar-refractivity contribution in [3.05, 3.63) is 41.0 Å². The van der Waals surface area contributed by atoms with E-state index in [1.54, 1.807) is 53.7 Å². The molecule has 2 N–H and O–H groups in total. The lowest BCUT2D eigenvalue weighted by atomic mass is 10.2. The van der Waals surface area contributed by atoms with Gasteiger partial charge in [-0.1, -0.05) is 0 Å². The quantitative estimate of drug-likeness (QED) is 0.400. The Balaban J connectivity index is 1.27. The van der Waals surface area contributed by atoms with E-state index in [0.29, 0.717) is 30.2 Å². The van der Waals surface area contributed by atoms with Crippen molar-refractivity contribution in [2.75, 3.05) is 23.0 Å². The third kappa shape index (κ3) is 5.23. The molecule has 2 amide bonds. The van der Waals surface area contributed by atoms with E-state index < -0.39 is 0 Å². The molecule has 0 aliphatic carbocycles. The number of amides is 2. The number of thioether (sulfide) groups is 1. The first kappa shape index (κ1) is 21.7. The van der Waals surface area contributed by atoms with Crippen molar-refractivity contribution in [2.45, 2.75) is 44.2 Å². The molecular formula is C22H24N4O3S2. The fourth-order valence-electron chi connectivity index (χ4n) is 3.37. The van der Waals surface area contributed by atoms with Crippen LogP contribution in [0, 0.1) is 13.8 Å². The SMILES string of the molecule is Cc1sc2ncnc(SCCC(=O)Nc3ccc(NC(=O)[C@@H]4CCCO4)cc3)c2c1C. The number of aromatic nitrogens is 2. The van der Waals surface area contributed by atoms with Crippen LogP contribution in [0.1, 0.15) is 29.7 Å². The van der Waals surface area contributed by atoms with Crippen molar-refractivity contribution in [3.63, 3.8) is 0 Å². The van der Waals surface area contributed by atoms with Crippen LogP contribution in [-0.2, 0) is 14.3 Å². The molecule has 7 nitrogen and oxygen atoms in total. The number of carbonyl (C=O) groups is 2. The highest BCUT2D eigenvalue weighted by atomic mass is 32.2. The average Bonchev–Trinajstić information content (AvgIpc) is 3.39. The van der Waals surface area contributed by atoms with Gasteiger partial charge in [0.15, 0.2) is 0 Å². The van der Waals surface area contributed by atoms with Crippen molar-refractivity contribution >= 4 is 56.5 Å². The van der Waals surface area contributed by atoms with Crippen LogP contribution in [0.4, 0.5) is 11.4 Å². The monoisotopic (exact) mass is 456 g/mol. The number of fused-ring (bicyclic) bond motifs is 1. The highest BCUT2D eigenvalue weighted by Crippen LogP contribution is 2.34. The zero-order valence-electron chi connectivity index (χ0n) is 17.4. The topological polar surface area (TPSA) is 93.2 Å². The van der Waals surface area contributed by atoms with Crippen molar-refractivity contribution in [2.24, 2.45) is 0 Å². The minimum Gasteiger partial charge on any atom is -0.368 e. The number of nitrogens with zero attached hydrogens (tertiary/aromatic N) is 2. The average molecular weight is 457 g/mol. The third-order valence-corrected chi connectivity index (χ3v) is 7.26. The number of rotatable bonds is 7. The molecule has 3 aromatic rings. The molecule has 9 heteroatoms. The Bertz CT molecular complexity index is 1090. The molecule has 4 rings (SSSR count). The van der Waals surface area contributed by atoms with Crippen LogP contribution in [0.25, 0.3) is 10.2 Å². The largest absolute Gasteiger partial charge is 0.368 e. The molecule has 1 atom stereocenters. The summed E-state index contributed by atoms with van der Waals surface area (Å²) in [4.78, 5) is 35.4. The Hall–Kier alpha value is -2.49. The number of hydrogen-bond acceptors (Lipinski definition) is 7. The lowest BCUT2D eigenvalue weighted by Crippen LogP contribution is -2.26. The molecule has 1 fully saturated rings. The van der Waals surface area contributed by atoms with Gasteiger partial charge in [0.1, 0.15) is 22.3 Å². The summed E-state index contributed by atoms with van der Waals surface area (Å²) in [6.45, 7) is 4.81. The molecule has 1 aromatic carbocycles. The number of benzene rings is 1. The number of nitrogens with one attached hydrogen (secondary N) is 2. The zero-order valence-corrected chi connectivity index (χ0v) is 19.1. The van der Waals surface area contributed by atoms with Crippen LogP contribution in [0.5, 0.6) is 0 Å². The number of aryl methyl sites for hydroxylation is 2. The highest BCUT2D eigenvalue weighted by Gasteiger charge is 2.23. The van der Waals surface area contributed by atoms with Gasteiger partial charge in [-0.05, 0) is 56.5 Å². The molecule has 1 saturated heterocycles. The van der Waals surface area contributed by atoms with E-state index in [-0.39, 0.29) is 17.9 Å². The first-order chi connectivity index (χ1) is 15.0. The van der Waals surface area contributed by atoms with Crippen molar-refractivity contribution in [1.29, 1.82) is 0 Å². The molecule has 3 heterocycles. The molecule has 31 heavy (non-hydrogen) atoms. The molecule has 0 bridgehead atoms. The minimum atomic E-state index is -0.366. The van der Waals surface area contributed by atoms with Gasteiger partial charge in [0.2, 0.25) is 5.91 Å². The first-order valence-electron chi connectivity index (χ1n) is 10.2. The number of ether oxygens (including phenoxy) is 1. The molecule has 1 aliphatic heterocycles. The predicted octanol–water partition coefficient (Wildman–Crippen LogP) is 4.55. The fraction of sp³-hybridized carbons (Fsp3) is 0.364. The number of carbonyl (C=O) groups excluding carboxylic acids is 2. The summed E-state index contributed by atoms with van der Waals surface area (Å²) in [5, 5.41) is 7.76. The number of thiophene rings is 1. The third-order valence-electron chi connectivity index (χ3n) is 5.16. The summed E-state index contributed by atoms with van der Waals surface area (Å²) in [7, 11) is 0.